The first kappa shape index (κ1) is 14.2. The summed E-state index contributed by atoms with van der Waals surface area (Å²) < 4.78 is 0. The number of benzene rings is 1. The fraction of sp³-hybridized carbons (Fsp3) is 0.647. The van der Waals surface area contributed by atoms with Gasteiger partial charge >= 0.3 is 0 Å². The van der Waals surface area contributed by atoms with Crippen molar-refractivity contribution in [3.05, 3.63) is 24.3 Å². The Morgan fingerprint density at radius 2 is 1.53 bits per heavy atom. The molecule has 1 saturated heterocycles. The highest BCUT2D eigenvalue weighted by Gasteiger charge is 2.25. The van der Waals surface area contributed by atoms with Crippen molar-refractivity contribution in [3.8, 4) is 0 Å². The average Bonchev–Trinajstić information content (AvgIpc) is 2.28. The third kappa shape index (κ3) is 4.15. The molecule has 0 radical (unpaired) electrons. The van der Waals surface area contributed by atoms with Gasteiger partial charge in [0.25, 0.3) is 0 Å². The van der Waals surface area contributed by atoms with Crippen LogP contribution in [-0.2, 0) is 0 Å². The SMILES string of the molecule is CC1(C)CCN(c2ccc(NC(C)(C)C)cc2)CC1. The molecular weight excluding hydrogens is 232 g/mol. The fourth-order valence-corrected chi connectivity index (χ4v) is 2.56. The predicted octanol–water partition coefficient (Wildman–Crippen LogP) is 4.52. The molecule has 1 fully saturated rings. The van der Waals surface area contributed by atoms with E-state index in [4.69, 9.17) is 0 Å². The van der Waals surface area contributed by atoms with E-state index < -0.39 is 0 Å². The summed E-state index contributed by atoms with van der Waals surface area (Å²) in [7, 11) is 0. The number of rotatable bonds is 2. The minimum absolute atomic E-state index is 0.122. The lowest BCUT2D eigenvalue weighted by Gasteiger charge is -2.38. The van der Waals surface area contributed by atoms with Crippen LogP contribution in [0.3, 0.4) is 0 Å². The number of hydrogen-bond acceptors (Lipinski definition) is 2. The Balaban J connectivity index is 1.99. The summed E-state index contributed by atoms with van der Waals surface area (Å²) in [5.41, 5.74) is 3.20. The summed E-state index contributed by atoms with van der Waals surface area (Å²) in [5, 5.41) is 3.51. The molecule has 1 N–H and O–H groups in total. The van der Waals surface area contributed by atoms with E-state index in [0.29, 0.717) is 5.41 Å². The van der Waals surface area contributed by atoms with Crippen molar-refractivity contribution < 1.29 is 0 Å². The van der Waals surface area contributed by atoms with Crippen LogP contribution in [0, 0.1) is 5.41 Å². The van der Waals surface area contributed by atoms with Gasteiger partial charge in [-0.05, 0) is 63.3 Å². The van der Waals surface area contributed by atoms with Gasteiger partial charge in [-0.3, -0.25) is 0 Å². The lowest BCUT2D eigenvalue weighted by molar-refractivity contribution is 0.280. The van der Waals surface area contributed by atoms with Crippen molar-refractivity contribution in [2.45, 2.75) is 53.0 Å². The predicted molar refractivity (Wildman–Crippen MR) is 85.0 cm³/mol. The van der Waals surface area contributed by atoms with Gasteiger partial charge in [-0.15, -0.1) is 0 Å². The normalized spacial score (nSPS) is 19.3. The monoisotopic (exact) mass is 260 g/mol. The summed E-state index contributed by atoms with van der Waals surface area (Å²) in [4.78, 5) is 2.51. The lowest BCUT2D eigenvalue weighted by Crippen LogP contribution is -2.37. The van der Waals surface area contributed by atoms with Crippen molar-refractivity contribution >= 4 is 11.4 Å². The Morgan fingerprint density at radius 3 is 2.00 bits per heavy atom. The van der Waals surface area contributed by atoms with E-state index in [9.17, 15) is 0 Å². The van der Waals surface area contributed by atoms with Gasteiger partial charge < -0.3 is 10.2 Å². The first-order valence-corrected chi connectivity index (χ1v) is 7.38. The zero-order valence-corrected chi connectivity index (χ0v) is 13.1. The van der Waals surface area contributed by atoms with Gasteiger partial charge in [0.2, 0.25) is 0 Å². The molecule has 2 rings (SSSR count). The molecule has 1 aliphatic heterocycles. The first-order valence-electron chi connectivity index (χ1n) is 7.38. The van der Waals surface area contributed by atoms with Gasteiger partial charge in [0.1, 0.15) is 0 Å². The van der Waals surface area contributed by atoms with Crippen LogP contribution in [-0.4, -0.2) is 18.6 Å². The van der Waals surface area contributed by atoms with Crippen LogP contribution < -0.4 is 10.2 Å². The average molecular weight is 260 g/mol. The Labute approximate surface area is 118 Å². The van der Waals surface area contributed by atoms with Crippen LogP contribution in [0.4, 0.5) is 11.4 Å². The van der Waals surface area contributed by atoms with Crippen LogP contribution in [0.2, 0.25) is 0 Å². The molecule has 0 aliphatic carbocycles. The molecule has 19 heavy (non-hydrogen) atoms. The highest BCUT2D eigenvalue weighted by Crippen LogP contribution is 2.32. The minimum Gasteiger partial charge on any atom is -0.380 e. The van der Waals surface area contributed by atoms with Crippen LogP contribution >= 0.6 is 0 Å². The highest BCUT2D eigenvalue weighted by molar-refractivity contribution is 5.56. The molecular formula is C17H28N2. The zero-order chi connectivity index (χ0) is 14.1. The third-order valence-corrected chi connectivity index (χ3v) is 3.87. The molecule has 0 unspecified atom stereocenters. The number of piperidine rings is 1. The van der Waals surface area contributed by atoms with Crippen molar-refractivity contribution in [1.29, 1.82) is 0 Å². The van der Waals surface area contributed by atoms with E-state index >= 15 is 0 Å². The number of nitrogens with zero attached hydrogens (tertiary/aromatic N) is 1. The maximum Gasteiger partial charge on any atom is 0.0367 e. The van der Waals surface area contributed by atoms with Crippen molar-refractivity contribution in [1.82, 2.24) is 0 Å². The summed E-state index contributed by atoms with van der Waals surface area (Å²) in [5.74, 6) is 0. The van der Waals surface area contributed by atoms with Gasteiger partial charge in [0, 0.05) is 30.0 Å². The summed E-state index contributed by atoms with van der Waals surface area (Å²) in [6.07, 6.45) is 2.57. The molecule has 1 aliphatic rings. The van der Waals surface area contributed by atoms with Crippen molar-refractivity contribution in [2.75, 3.05) is 23.3 Å². The van der Waals surface area contributed by atoms with E-state index in [1.165, 1.54) is 37.3 Å². The van der Waals surface area contributed by atoms with Gasteiger partial charge in [-0.2, -0.15) is 0 Å². The minimum atomic E-state index is 0.122. The molecule has 1 aromatic carbocycles. The van der Waals surface area contributed by atoms with E-state index in [1.54, 1.807) is 0 Å². The second-order valence-electron chi connectivity index (χ2n) is 7.57. The Hall–Kier alpha value is -1.18. The van der Waals surface area contributed by atoms with Gasteiger partial charge in [0.05, 0.1) is 0 Å². The number of nitrogens with one attached hydrogen (secondary N) is 1. The zero-order valence-electron chi connectivity index (χ0n) is 13.1. The van der Waals surface area contributed by atoms with E-state index in [1.807, 2.05) is 0 Å². The van der Waals surface area contributed by atoms with E-state index in [2.05, 4.69) is 69.1 Å². The molecule has 2 heteroatoms. The summed E-state index contributed by atoms with van der Waals surface area (Å²) in [6.45, 7) is 13.7. The van der Waals surface area contributed by atoms with Crippen LogP contribution in [0.1, 0.15) is 47.5 Å². The van der Waals surface area contributed by atoms with Gasteiger partial charge in [-0.1, -0.05) is 13.8 Å². The van der Waals surface area contributed by atoms with Crippen molar-refractivity contribution in [3.63, 3.8) is 0 Å². The number of anilines is 2. The molecule has 1 aromatic rings. The first-order chi connectivity index (χ1) is 8.75. The summed E-state index contributed by atoms with van der Waals surface area (Å²) >= 11 is 0. The second-order valence-corrected chi connectivity index (χ2v) is 7.57. The maximum atomic E-state index is 3.51. The van der Waals surface area contributed by atoms with Crippen LogP contribution in [0.5, 0.6) is 0 Å². The van der Waals surface area contributed by atoms with E-state index in [-0.39, 0.29) is 5.54 Å². The maximum absolute atomic E-state index is 3.51. The second kappa shape index (κ2) is 5.07. The molecule has 2 nitrogen and oxygen atoms in total. The molecule has 0 saturated carbocycles. The lowest BCUT2D eigenvalue weighted by atomic mass is 9.82. The molecule has 0 spiro atoms. The van der Waals surface area contributed by atoms with Crippen molar-refractivity contribution in [2.24, 2.45) is 5.41 Å². The quantitative estimate of drug-likeness (QED) is 0.841. The summed E-state index contributed by atoms with van der Waals surface area (Å²) in [6, 6.07) is 8.87. The molecule has 0 bridgehead atoms. The van der Waals surface area contributed by atoms with Crippen LogP contribution in [0.15, 0.2) is 24.3 Å². The number of hydrogen-bond donors (Lipinski definition) is 1. The molecule has 106 valence electrons. The van der Waals surface area contributed by atoms with Gasteiger partial charge in [0.15, 0.2) is 0 Å². The Bertz CT molecular complexity index is 402. The molecule has 1 heterocycles. The largest absolute Gasteiger partial charge is 0.380 e. The molecule has 0 amide bonds. The highest BCUT2D eigenvalue weighted by atomic mass is 15.1. The van der Waals surface area contributed by atoms with Crippen LogP contribution in [0.25, 0.3) is 0 Å². The smallest absolute Gasteiger partial charge is 0.0367 e. The Morgan fingerprint density at radius 1 is 1.00 bits per heavy atom. The van der Waals surface area contributed by atoms with E-state index in [0.717, 1.165) is 0 Å². The molecule has 0 aromatic heterocycles. The van der Waals surface area contributed by atoms with Gasteiger partial charge in [-0.25, -0.2) is 0 Å². The Kier molecular flexibility index (Phi) is 3.80. The fourth-order valence-electron chi connectivity index (χ4n) is 2.56. The topological polar surface area (TPSA) is 15.3 Å². The third-order valence-electron chi connectivity index (χ3n) is 3.87. The molecule has 0 atom stereocenters. The standard InChI is InChI=1S/C17H28N2/c1-16(2,3)18-14-6-8-15(9-7-14)19-12-10-17(4,5)11-13-19/h6-9,18H,10-13H2,1-5H3.